The molecule has 2 fully saturated rings. The predicted octanol–water partition coefficient (Wildman–Crippen LogP) is 3.98. The van der Waals surface area contributed by atoms with Crippen LogP contribution in [0.3, 0.4) is 0 Å². The van der Waals surface area contributed by atoms with Crippen molar-refractivity contribution in [3.05, 3.63) is 57.1 Å². The summed E-state index contributed by atoms with van der Waals surface area (Å²) < 4.78 is 3.26. The zero-order valence-corrected chi connectivity index (χ0v) is 18.0. The molecule has 32 heavy (non-hydrogen) atoms. The Morgan fingerprint density at radius 3 is 2.28 bits per heavy atom. The smallest absolute Gasteiger partial charge is 0.267 e. The van der Waals surface area contributed by atoms with E-state index < -0.39 is 0 Å². The molecule has 0 atom stereocenters. The first-order valence-electron chi connectivity index (χ1n) is 11.7. The van der Waals surface area contributed by atoms with Gasteiger partial charge < -0.3 is 4.57 Å². The van der Waals surface area contributed by atoms with Crippen molar-refractivity contribution in [3.63, 3.8) is 0 Å². The van der Waals surface area contributed by atoms with E-state index in [-0.39, 0.29) is 17.2 Å². The monoisotopic (exact) mass is 430 g/mol. The number of hydrogen-bond donors (Lipinski definition) is 1. The van der Waals surface area contributed by atoms with Crippen LogP contribution in [0.25, 0.3) is 27.8 Å². The van der Waals surface area contributed by atoms with Gasteiger partial charge in [-0.2, -0.15) is 4.98 Å². The Labute approximate surface area is 184 Å². The molecule has 2 saturated carbocycles. The van der Waals surface area contributed by atoms with E-state index in [1.165, 1.54) is 23.8 Å². The van der Waals surface area contributed by atoms with Crippen molar-refractivity contribution in [3.8, 4) is 5.95 Å². The molecule has 2 aliphatic rings. The molecular weight excluding hydrogens is 404 g/mol. The van der Waals surface area contributed by atoms with Crippen LogP contribution in [-0.4, -0.2) is 29.3 Å². The Morgan fingerprint density at radius 2 is 1.50 bits per heavy atom. The zero-order valence-electron chi connectivity index (χ0n) is 18.0. The highest BCUT2D eigenvalue weighted by molar-refractivity contribution is 5.91. The minimum atomic E-state index is -0.262. The molecule has 8 heteroatoms. The highest BCUT2D eigenvalue weighted by Crippen LogP contribution is 2.31. The van der Waals surface area contributed by atoms with Crippen molar-refractivity contribution in [1.82, 2.24) is 29.3 Å². The maximum absolute atomic E-state index is 13.3. The molecule has 0 amide bonds. The van der Waals surface area contributed by atoms with E-state index in [1.54, 1.807) is 18.3 Å². The molecule has 1 N–H and O–H groups in total. The number of aromatic nitrogens is 6. The summed E-state index contributed by atoms with van der Waals surface area (Å²) in [5.74, 6) is 1.57. The number of rotatable bonds is 3. The van der Waals surface area contributed by atoms with Gasteiger partial charge in [0.05, 0.1) is 21.8 Å². The summed E-state index contributed by atoms with van der Waals surface area (Å²) in [4.78, 5) is 35.8. The second-order valence-corrected chi connectivity index (χ2v) is 9.17. The van der Waals surface area contributed by atoms with Crippen LogP contribution in [0.2, 0.25) is 0 Å². The zero-order chi connectivity index (χ0) is 21.7. The maximum Gasteiger partial charge on any atom is 0.267 e. The van der Waals surface area contributed by atoms with E-state index in [0.717, 1.165) is 44.3 Å². The van der Waals surface area contributed by atoms with Gasteiger partial charge in [-0.3, -0.25) is 14.7 Å². The van der Waals surface area contributed by atoms with Crippen LogP contribution in [0.15, 0.2) is 40.2 Å². The van der Waals surface area contributed by atoms with E-state index in [2.05, 4.69) is 20.2 Å². The second-order valence-electron chi connectivity index (χ2n) is 9.17. The van der Waals surface area contributed by atoms with Crippen LogP contribution in [0.4, 0.5) is 0 Å². The minimum absolute atomic E-state index is 0.0731. The van der Waals surface area contributed by atoms with Crippen LogP contribution in [0.1, 0.15) is 75.6 Å². The SMILES string of the molecule is O=c1c2cc3c(=O)n(C4CCCC4)ccc3nc2ccn1-c1n[nH]c(C2CCCCC2)n1. The molecule has 0 radical (unpaired) electrons. The van der Waals surface area contributed by atoms with Gasteiger partial charge in [-0.15, -0.1) is 5.10 Å². The third-order valence-electron chi connectivity index (χ3n) is 7.19. The summed E-state index contributed by atoms with van der Waals surface area (Å²) >= 11 is 0. The third-order valence-corrected chi connectivity index (χ3v) is 7.19. The topological polar surface area (TPSA) is 98.5 Å². The van der Waals surface area contributed by atoms with Gasteiger partial charge in [0, 0.05) is 24.4 Å². The Morgan fingerprint density at radius 1 is 0.812 bits per heavy atom. The average molecular weight is 431 g/mol. The maximum atomic E-state index is 13.3. The lowest BCUT2D eigenvalue weighted by molar-refractivity contribution is 0.429. The van der Waals surface area contributed by atoms with E-state index in [1.807, 2.05) is 16.8 Å². The molecule has 0 aromatic carbocycles. The van der Waals surface area contributed by atoms with Crippen LogP contribution < -0.4 is 11.1 Å². The first-order valence-corrected chi connectivity index (χ1v) is 11.7. The van der Waals surface area contributed by atoms with Crippen LogP contribution >= 0.6 is 0 Å². The Hall–Kier alpha value is -3.29. The Bertz CT molecular complexity index is 1420. The fourth-order valence-electron chi connectivity index (χ4n) is 5.40. The van der Waals surface area contributed by atoms with Crippen molar-refractivity contribution in [1.29, 1.82) is 0 Å². The highest BCUT2D eigenvalue weighted by Gasteiger charge is 2.21. The molecule has 2 aliphatic carbocycles. The average Bonchev–Trinajstić information content (AvgIpc) is 3.52. The van der Waals surface area contributed by atoms with Crippen LogP contribution in [-0.2, 0) is 0 Å². The van der Waals surface area contributed by atoms with E-state index in [4.69, 9.17) is 0 Å². The number of H-pyrrole nitrogens is 1. The lowest BCUT2D eigenvalue weighted by atomic mass is 9.89. The van der Waals surface area contributed by atoms with Gasteiger partial charge in [0.25, 0.3) is 17.1 Å². The molecule has 0 unspecified atom stereocenters. The molecule has 4 aromatic rings. The Balaban J connectivity index is 1.45. The summed E-state index contributed by atoms with van der Waals surface area (Å²) in [6, 6.07) is 5.60. The molecule has 164 valence electrons. The molecule has 8 nitrogen and oxygen atoms in total. The predicted molar refractivity (Wildman–Crippen MR) is 122 cm³/mol. The standard InChI is InChI=1S/C24H26N6O2/c31-22-17-14-18-20(25-19(17)10-12-29(22)16-8-4-5-9-16)11-13-30(23(18)32)24-26-21(27-28-24)15-6-2-1-3-7-15/h10-16H,1-9H2,(H,26,27,28). The molecule has 6 rings (SSSR count). The number of pyridine rings is 3. The van der Waals surface area contributed by atoms with E-state index in [0.29, 0.717) is 33.7 Å². The molecule has 4 aromatic heterocycles. The number of aromatic amines is 1. The van der Waals surface area contributed by atoms with Crippen molar-refractivity contribution >= 4 is 21.8 Å². The number of nitrogens with zero attached hydrogens (tertiary/aromatic N) is 5. The first-order chi connectivity index (χ1) is 15.7. The lowest BCUT2D eigenvalue weighted by Gasteiger charge is -2.18. The summed E-state index contributed by atoms with van der Waals surface area (Å²) in [6.45, 7) is 0. The molecule has 0 saturated heterocycles. The van der Waals surface area contributed by atoms with Gasteiger partial charge in [0.1, 0.15) is 5.82 Å². The fraction of sp³-hybridized carbons (Fsp3) is 0.458. The van der Waals surface area contributed by atoms with Gasteiger partial charge in [0.15, 0.2) is 0 Å². The summed E-state index contributed by atoms with van der Waals surface area (Å²) in [5, 5.41) is 8.25. The molecule has 0 spiro atoms. The van der Waals surface area contributed by atoms with Crippen LogP contribution in [0, 0.1) is 0 Å². The molecule has 0 aliphatic heterocycles. The molecule has 0 bridgehead atoms. The summed E-state index contributed by atoms with van der Waals surface area (Å²) in [5.41, 5.74) is 0.851. The lowest BCUT2D eigenvalue weighted by Crippen LogP contribution is -2.24. The van der Waals surface area contributed by atoms with E-state index >= 15 is 0 Å². The minimum Gasteiger partial charge on any atom is -0.312 e. The van der Waals surface area contributed by atoms with Gasteiger partial charge in [-0.25, -0.2) is 9.55 Å². The van der Waals surface area contributed by atoms with Gasteiger partial charge in [0.2, 0.25) is 0 Å². The highest BCUT2D eigenvalue weighted by atomic mass is 16.1. The number of hydrogen-bond acceptors (Lipinski definition) is 5. The van der Waals surface area contributed by atoms with Gasteiger partial charge >= 0.3 is 0 Å². The Kier molecular flexibility index (Phi) is 4.66. The molecular formula is C24H26N6O2. The summed E-state index contributed by atoms with van der Waals surface area (Å²) in [6.07, 6.45) is 13.7. The number of nitrogens with one attached hydrogen (secondary N) is 1. The normalized spacial score (nSPS) is 18.1. The van der Waals surface area contributed by atoms with Gasteiger partial charge in [-0.05, 0) is 43.9 Å². The van der Waals surface area contributed by atoms with Crippen molar-refractivity contribution in [2.75, 3.05) is 0 Å². The van der Waals surface area contributed by atoms with Crippen molar-refractivity contribution in [2.45, 2.75) is 69.7 Å². The van der Waals surface area contributed by atoms with Crippen molar-refractivity contribution in [2.24, 2.45) is 0 Å². The van der Waals surface area contributed by atoms with Gasteiger partial charge in [-0.1, -0.05) is 32.1 Å². The van der Waals surface area contributed by atoms with Crippen LogP contribution in [0.5, 0.6) is 0 Å². The number of fused-ring (bicyclic) bond motifs is 2. The first kappa shape index (κ1) is 19.4. The van der Waals surface area contributed by atoms with E-state index in [9.17, 15) is 9.59 Å². The largest absolute Gasteiger partial charge is 0.312 e. The fourth-order valence-corrected chi connectivity index (χ4v) is 5.40. The summed E-state index contributed by atoms with van der Waals surface area (Å²) in [7, 11) is 0. The molecule has 4 heterocycles. The second kappa shape index (κ2) is 7.69. The quantitative estimate of drug-likeness (QED) is 0.496. The third kappa shape index (κ3) is 3.16. The van der Waals surface area contributed by atoms with Crippen molar-refractivity contribution < 1.29 is 0 Å².